The van der Waals surface area contributed by atoms with Gasteiger partial charge in [-0.1, -0.05) is 6.07 Å². The van der Waals surface area contributed by atoms with E-state index in [-0.39, 0.29) is 17.1 Å². The van der Waals surface area contributed by atoms with Gasteiger partial charge in [0, 0.05) is 13.1 Å². The van der Waals surface area contributed by atoms with Gasteiger partial charge in [-0.2, -0.15) is 15.8 Å². The fourth-order valence-corrected chi connectivity index (χ4v) is 2.47. The van der Waals surface area contributed by atoms with Crippen molar-refractivity contribution in [3.8, 4) is 18.2 Å². The summed E-state index contributed by atoms with van der Waals surface area (Å²) in [5.74, 6) is -0.389. The number of para-hydroxylation sites is 1. The van der Waals surface area contributed by atoms with Crippen molar-refractivity contribution < 1.29 is 4.39 Å². The topological polar surface area (TPSA) is 86.6 Å². The SMILES string of the molecule is N#CC(C#N)=C(C#N)Nc1cccc(F)c1N1CCCCC1. The Kier molecular flexibility index (Phi) is 4.96. The summed E-state index contributed by atoms with van der Waals surface area (Å²) in [7, 11) is 0. The van der Waals surface area contributed by atoms with Crippen molar-refractivity contribution in [3.05, 3.63) is 35.3 Å². The maximum absolute atomic E-state index is 14.2. The van der Waals surface area contributed by atoms with E-state index in [4.69, 9.17) is 15.8 Å². The Morgan fingerprint density at radius 1 is 1.05 bits per heavy atom. The van der Waals surface area contributed by atoms with Crippen molar-refractivity contribution >= 4 is 11.4 Å². The van der Waals surface area contributed by atoms with E-state index in [1.807, 2.05) is 4.90 Å². The Bertz CT molecular complexity index is 696. The van der Waals surface area contributed by atoms with Gasteiger partial charge in [0.15, 0.2) is 5.57 Å². The molecule has 0 aliphatic carbocycles. The number of nitriles is 3. The summed E-state index contributed by atoms with van der Waals surface area (Å²) < 4.78 is 14.2. The predicted octanol–water partition coefficient (Wildman–Crippen LogP) is 3.05. The number of hydrogen-bond acceptors (Lipinski definition) is 5. The van der Waals surface area contributed by atoms with E-state index in [1.165, 1.54) is 12.1 Å². The average molecular weight is 295 g/mol. The molecule has 0 aromatic heterocycles. The van der Waals surface area contributed by atoms with Crippen molar-refractivity contribution in [2.24, 2.45) is 0 Å². The molecule has 1 aliphatic heterocycles. The number of rotatable bonds is 3. The van der Waals surface area contributed by atoms with Gasteiger partial charge in [0.2, 0.25) is 0 Å². The van der Waals surface area contributed by atoms with Crippen LogP contribution in [0.1, 0.15) is 19.3 Å². The summed E-state index contributed by atoms with van der Waals surface area (Å²) in [6.07, 6.45) is 3.08. The van der Waals surface area contributed by atoms with Crippen LogP contribution >= 0.6 is 0 Å². The minimum absolute atomic E-state index is 0.172. The number of anilines is 2. The first kappa shape index (κ1) is 15.4. The number of nitrogens with zero attached hydrogens (tertiary/aromatic N) is 4. The van der Waals surface area contributed by atoms with E-state index in [0.29, 0.717) is 11.4 Å². The Morgan fingerprint density at radius 2 is 1.73 bits per heavy atom. The van der Waals surface area contributed by atoms with Gasteiger partial charge in [-0.3, -0.25) is 0 Å². The normalized spacial score (nSPS) is 13.5. The van der Waals surface area contributed by atoms with E-state index in [2.05, 4.69) is 5.32 Å². The Balaban J connectivity index is 2.42. The molecule has 0 unspecified atom stereocenters. The number of nitrogens with one attached hydrogen (secondary N) is 1. The lowest BCUT2D eigenvalue weighted by Crippen LogP contribution is -2.30. The van der Waals surface area contributed by atoms with Crippen LogP contribution in [0.15, 0.2) is 29.5 Å². The van der Waals surface area contributed by atoms with Crippen LogP contribution in [-0.2, 0) is 0 Å². The molecule has 5 nitrogen and oxygen atoms in total. The van der Waals surface area contributed by atoms with Crippen molar-refractivity contribution in [1.29, 1.82) is 15.8 Å². The fourth-order valence-electron chi connectivity index (χ4n) is 2.47. The first-order valence-electron chi connectivity index (χ1n) is 6.96. The molecule has 1 aliphatic rings. The lowest BCUT2D eigenvalue weighted by molar-refractivity contribution is 0.557. The molecule has 0 amide bonds. The van der Waals surface area contributed by atoms with Gasteiger partial charge >= 0.3 is 0 Å². The van der Waals surface area contributed by atoms with Crippen LogP contribution in [0, 0.1) is 39.8 Å². The van der Waals surface area contributed by atoms with Crippen molar-refractivity contribution in [2.45, 2.75) is 19.3 Å². The minimum atomic E-state index is -0.389. The highest BCUT2D eigenvalue weighted by atomic mass is 19.1. The zero-order valence-corrected chi connectivity index (χ0v) is 11.9. The molecular formula is C16H14FN5. The maximum atomic E-state index is 14.2. The number of halogens is 1. The van der Waals surface area contributed by atoms with Gasteiger partial charge < -0.3 is 10.2 Å². The lowest BCUT2D eigenvalue weighted by atomic mass is 10.1. The molecule has 2 rings (SSSR count). The standard InChI is InChI=1S/C16H14FN5/c17-13-5-4-6-14(16(13)22-7-2-1-3-8-22)21-15(11-20)12(9-18)10-19/h4-6,21H,1-3,7-8H2. The molecule has 1 fully saturated rings. The van der Waals surface area contributed by atoms with E-state index < -0.39 is 0 Å². The first-order valence-corrected chi connectivity index (χ1v) is 6.96. The molecule has 1 N–H and O–H groups in total. The van der Waals surface area contributed by atoms with Crippen molar-refractivity contribution in [2.75, 3.05) is 23.3 Å². The van der Waals surface area contributed by atoms with E-state index in [0.717, 1.165) is 32.4 Å². The average Bonchev–Trinajstić information content (AvgIpc) is 2.55. The molecule has 1 saturated heterocycles. The van der Waals surface area contributed by atoms with E-state index in [9.17, 15) is 4.39 Å². The van der Waals surface area contributed by atoms with Crippen LogP contribution < -0.4 is 10.2 Å². The van der Waals surface area contributed by atoms with Crippen LogP contribution in [0.5, 0.6) is 0 Å². The summed E-state index contributed by atoms with van der Waals surface area (Å²) >= 11 is 0. The first-order chi connectivity index (χ1) is 10.7. The maximum Gasteiger partial charge on any atom is 0.163 e. The van der Waals surface area contributed by atoms with Crippen molar-refractivity contribution in [3.63, 3.8) is 0 Å². The third-order valence-electron chi connectivity index (χ3n) is 3.50. The van der Waals surface area contributed by atoms with E-state index >= 15 is 0 Å². The number of allylic oxidation sites excluding steroid dienone is 2. The summed E-state index contributed by atoms with van der Waals surface area (Å²) in [4.78, 5) is 1.93. The largest absolute Gasteiger partial charge is 0.367 e. The smallest absolute Gasteiger partial charge is 0.163 e. The number of benzene rings is 1. The summed E-state index contributed by atoms with van der Waals surface area (Å²) in [6, 6.07) is 9.63. The van der Waals surface area contributed by atoms with Gasteiger partial charge in [-0.25, -0.2) is 4.39 Å². The molecule has 0 saturated carbocycles. The Hall–Kier alpha value is -3.04. The predicted molar refractivity (Wildman–Crippen MR) is 80.0 cm³/mol. The summed E-state index contributed by atoms with van der Waals surface area (Å²) in [5, 5.41) is 29.6. The number of piperidine rings is 1. The molecule has 1 aromatic carbocycles. The molecule has 0 atom stereocenters. The van der Waals surface area contributed by atoms with Crippen LogP contribution in [0.25, 0.3) is 0 Å². The van der Waals surface area contributed by atoms with Crippen LogP contribution in [0.4, 0.5) is 15.8 Å². The zero-order chi connectivity index (χ0) is 15.9. The molecule has 1 heterocycles. The molecule has 22 heavy (non-hydrogen) atoms. The fraction of sp³-hybridized carbons (Fsp3) is 0.312. The second kappa shape index (κ2) is 7.11. The highest BCUT2D eigenvalue weighted by molar-refractivity contribution is 5.74. The molecule has 0 bridgehead atoms. The lowest BCUT2D eigenvalue weighted by Gasteiger charge is -2.31. The molecule has 0 spiro atoms. The molecule has 110 valence electrons. The Morgan fingerprint density at radius 3 is 2.32 bits per heavy atom. The third kappa shape index (κ3) is 3.16. The zero-order valence-electron chi connectivity index (χ0n) is 11.9. The molecule has 6 heteroatoms. The van der Waals surface area contributed by atoms with Gasteiger partial charge in [0.25, 0.3) is 0 Å². The quantitative estimate of drug-likeness (QED) is 0.866. The van der Waals surface area contributed by atoms with Crippen LogP contribution in [0.3, 0.4) is 0 Å². The molecule has 0 radical (unpaired) electrons. The van der Waals surface area contributed by atoms with Gasteiger partial charge in [0.1, 0.15) is 29.7 Å². The van der Waals surface area contributed by atoms with Crippen LogP contribution in [0.2, 0.25) is 0 Å². The highest BCUT2D eigenvalue weighted by Gasteiger charge is 2.19. The second-order valence-electron chi connectivity index (χ2n) is 4.89. The summed E-state index contributed by atoms with van der Waals surface area (Å²) in [5.41, 5.74) is 0.275. The second-order valence-corrected chi connectivity index (χ2v) is 4.89. The minimum Gasteiger partial charge on any atom is -0.367 e. The molecule has 1 aromatic rings. The van der Waals surface area contributed by atoms with Crippen molar-refractivity contribution in [1.82, 2.24) is 0 Å². The van der Waals surface area contributed by atoms with Crippen LogP contribution in [-0.4, -0.2) is 13.1 Å². The third-order valence-corrected chi connectivity index (χ3v) is 3.50. The van der Waals surface area contributed by atoms with E-state index in [1.54, 1.807) is 24.3 Å². The number of hydrogen-bond donors (Lipinski definition) is 1. The monoisotopic (exact) mass is 295 g/mol. The van der Waals surface area contributed by atoms with Gasteiger partial charge in [0.05, 0.1) is 11.4 Å². The summed E-state index contributed by atoms with van der Waals surface area (Å²) in [6.45, 7) is 1.48. The highest BCUT2D eigenvalue weighted by Crippen LogP contribution is 2.32. The van der Waals surface area contributed by atoms with Gasteiger partial charge in [-0.05, 0) is 31.4 Å². The Labute approximate surface area is 128 Å². The van der Waals surface area contributed by atoms with Gasteiger partial charge in [-0.15, -0.1) is 0 Å². The molecular weight excluding hydrogens is 281 g/mol.